The van der Waals surface area contributed by atoms with Gasteiger partial charge in [0.15, 0.2) is 4.67 Å². The van der Waals surface area contributed by atoms with Gasteiger partial charge in [-0.25, -0.2) is 0 Å². The van der Waals surface area contributed by atoms with Crippen molar-refractivity contribution in [3.8, 4) is 5.75 Å². The van der Waals surface area contributed by atoms with E-state index in [2.05, 4.69) is 33.2 Å². The van der Waals surface area contributed by atoms with E-state index in [9.17, 15) is 0 Å². The van der Waals surface area contributed by atoms with Gasteiger partial charge in [0.05, 0.1) is 18.8 Å². The van der Waals surface area contributed by atoms with Crippen LogP contribution in [0.4, 0.5) is 0 Å². The number of halogens is 1. The van der Waals surface area contributed by atoms with Crippen molar-refractivity contribution < 1.29 is 9.15 Å². The molecule has 1 N–H and O–H groups in total. The Morgan fingerprint density at radius 3 is 2.84 bits per heavy atom. The maximum atomic E-state index is 5.64. The molecule has 0 radical (unpaired) electrons. The minimum absolute atomic E-state index is 0.0239. The number of pyridine rings is 1. The van der Waals surface area contributed by atoms with Gasteiger partial charge >= 0.3 is 0 Å². The molecule has 0 saturated heterocycles. The molecule has 102 valence electrons. The molecule has 0 aromatic carbocycles. The predicted molar refractivity (Wildman–Crippen MR) is 77.3 cm³/mol. The first-order chi connectivity index (χ1) is 9.24. The zero-order valence-electron chi connectivity index (χ0n) is 11.0. The fraction of sp³-hybridized carbons (Fsp3) is 0.357. The molecule has 2 heterocycles. The molecule has 1 unspecified atom stereocenters. The summed E-state index contributed by atoms with van der Waals surface area (Å²) >= 11 is 3.33. The summed E-state index contributed by atoms with van der Waals surface area (Å²) in [5.74, 6) is 1.62. The van der Waals surface area contributed by atoms with Crippen molar-refractivity contribution in [3.05, 3.63) is 46.6 Å². The summed E-state index contributed by atoms with van der Waals surface area (Å²) in [6.45, 7) is 5.48. The maximum absolute atomic E-state index is 5.64. The van der Waals surface area contributed by atoms with Crippen LogP contribution < -0.4 is 10.1 Å². The number of rotatable bonds is 6. The van der Waals surface area contributed by atoms with Gasteiger partial charge in [0.2, 0.25) is 0 Å². The molecule has 1 atom stereocenters. The third-order valence-electron chi connectivity index (χ3n) is 2.67. The van der Waals surface area contributed by atoms with Crippen molar-refractivity contribution in [3.63, 3.8) is 0 Å². The molecule has 4 nitrogen and oxygen atoms in total. The minimum Gasteiger partial charge on any atom is -0.492 e. The zero-order valence-corrected chi connectivity index (χ0v) is 12.6. The highest BCUT2D eigenvalue weighted by Crippen LogP contribution is 2.27. The zero-order chi connectivity index (χ0) is 13.7. The van der Waals surface area contributed by atoms with Crippen molar-refractivity contribution in [1.82, 2.24) is 10.3 Å². The van der Waals surface area contributed by atoms with Gasteiger partial charge in [-0.05, 0) is 53.2 Å². The summed E-state index contributed by atoms with van der Waals surface area (Å²) in [6, 6.07) is 5.80. The molecule has 0 spiro atoms. The highest BCUT2D eigenvalue weighted by molar-refractivity contribution is 9.10. The molecule has 0 saturated carbocycles. The predicted octanol–water partition coefficient (Wildman–Crippen LogP) is 3.53. The topological polar surface area (TPSA) is 47.3 Å². The van der Waals surface area contributed by atoms with Crippen molar-refractivity contribution in [2.75, 3.05) is 13.2 Å². The Bertz CT molecular complexity index is 528. The molecule has 2 rings (SSSR count). The van der Waals surface area contributed by atoms with Crippen LogP contribution >= 0.6 is 15.9 Å². The summed E-state index contributed by atoms with van der Waals surface area (Å²) in [4.78, 5) is 4.22. The lowest BCUT2D eigenvalue weighted by molar-refractivity contribution is 0.337. The van der Waals surface area contributed by atoms with Crippen LogP contribution in [0.15, 0.2) is 39.7 Å². The SMILES string of the molecule is CCNC(c1cncc(OCC)c1)c1ccc(Br)o1. The van der Waals surface area contributed by atoms with E-state index in [1.165, 1.54) is 0 Å². The second kappa shape index (κ2) is 6.73. The number of nitrogens with one attached hydrogen (secondary N) is 1. The summed E-state index contributed by atoms with van der Waals surface area (Å²) in [7, 11) is 0. The quantitative estimate of drug-likeness (QED) is 0.882. The van der Waals surface area contributed by atoms with Gasteiger partial charge in [-0.15, -0.1) is 0 Å². The minimum atomic E-state index is -0.0239. The van der Waals surface area contributed by atoms with Gasteiger partial charge in [0.1, 0.15) is 11.5 Å². The Labute approximate surface area is 121 Å². The van der Waals surface area contributed by atoms with Crippen LogP contribution in [0, 0.1) is 0 Å². The van der Waals surface area contributed by atoms with Crippen LogP contribution in [0.25, 0.3) is 0 Å². The summed E-state index contributed by atoms with van der Waals surface area (Å²) in [5.41, 5.74) is 1.02. The number of aromatic nitrogens is 1. The molecule has 19 heavy (non-hydrogen) atoms. The van der Waals surface area contributed by atoms with Gasteiger partial charge in [0.25, 0.3) is 0 Å². The third kappa shape index (κ3) is 3.58. The van der Waals surface area contributed by atoms with Gasteiger partial charge in [-0.1, -0.05) is 6.92 Å². The van der Waals surface area contributed by atoms with Crippen LogP contribution in [0.2, 0.25) is 0 Å². The Morgan fingerprint density at radius 1 is 1.37 bits per heavy atom. The van der Waals surface area contributed by atoms with Gasteiger partial charge < -0.3 is 14.5 Å². The Balaban J connectivity index is 2.30. The van der Waals surface area contributed by atoms with E-state index in [1.807, 2.05) is 31.3 Å². The Morgan fingerprint density at radius 2 is 2.21 bits per heavy atom. The van der Waals surface area contributed by atoms with E-state index < -0.39 is 0 Å². The van der Waals surface area contributed by atoms with Crippen LogP contribution in [-0.4, -0.2) is 18.1 Å². The Hall–Kier alpha value is -1.33. The highest BCUT2D eigenvalue weighted by atomic mass is 79.9. The summed E-state index contributed by atoms with van der Waals surface area (Å²) in [6.07, 6.45) is 3.54. The number of hydrogen-bond acceptors (Lipinski definition) is 4. The van der Waals surface area contributed by atoms with Gasteiger partial charge in [-0.3, -0.25) is 4.98 Å². The normalized spacial score (nSPS) is 12.4. The standard InChI is InChI=1S/C14H17BrN2O2/c1-3-17-14(12-5-6-13(15)19-12)10-7-11(18-4-2)9-16-8-10/h5-9,14,17H,3-4H2,1-2H3. The van der Waals surface area contributed by atoms with Crippen molar-refractivity contribution in [2.24, 2.45) is 0 Å². The monoisotopic (exact) mass is 324 g/mol. The van der Waals surface area contributed by atoms with E-state index in [0.29, 0.717) is 6.61 Å². The summed E-state index contributed by atoms with van der Waals surface area (Å²) in [5, 5.41) is 3.39. The number of ether oxygens (including phenoxy) is 1. The lowest BCUT2D eigenvalue weighted by atomic mass is 10.1. The van der Waals surface area contributed by atoms with E-state index >= 15 is 0 Å². The fourth-order valence-corrected chi connectivity index (χ4v) is 2.23. The van der Waals surface area contributed by atoms with E-state index in [0.717, 1.165) is 28.3 Å². The van der Waals surface area contributed by atoms with Crippen molar-refractivity contribution in [1.29, 1.82) is 0 Å². The second-order valence-electron chi connectivity index (χ2n) is 4.02. The van der Waals surface area contributed by atoms with Crippen molar-refractivity contribution in [2.45, 2.75) is 19.9 Å². The molecular formula is C14H17BrN2O2. The first-order valence-corrected chi connectivity index (χ1v) is 7.10. The summed E-state index contributed by atoms with van der Waals surface area (Å²) < 4.78 is 11.8. The van der Waals surface area contributed by atoms with Crippen molar-refractivity contribution >= 4 is 15.9 Å². The number of hydrogen-bond donors (Lipinski definition) is 1. The molecule has 0 amide bonds. The second-order valence-corrected chi connectivity index (χ2v) is 4.80. The molecule has 5 heteroatoms. The molecule has 0 fully saturated rings. The van der Waals surface area contributed by atoms with Crippen LogP contribution in [0.1, 0.15) is 31.2 Å². The molecule has 0 aliphatic rings. The average molecular weight is 325 g/mol. The molecule has 0 bridgehead atoms. The van der Waals surface area contributed by atoms with E-state index in [4.69, 9.17) is 9.15 Å². The molecule has 0 aliphatic heterocycles. The lowest BCUT2D eigenvalue weighted by Gasteiger charge is -2.16. The lowest BCUT2D eigenvalue weighted by Crippen LogP contribution is -2.21. The van der Waals surface area contributed by atoms with E-state index in [-0.39, 0.29) is 6.04 Å². The molecule has 2 aromatic rings. The largest absolute Gasteiger partial charge is 0.492 e. The molecule has 0 aliphatic carbocycles. The highest BCUT2D eigenvalue weighted by Gasteiger charge is 2.17. The molecular weight excluding hydrogens is 308 g/mol. The first kappa shape index (κ1) is 14.1. The molecule has 2 aromatic heterocycles. The first-order valence-electron chi connectivity index (χ1n) is 6.31. The third-order valence-corrected chi connectivity index (χ3v) is 3.09. The Kier molecular flexibility index (Phi) is 4.99. The van der Waals surface area contributed by atoms with Crippen LogP contribution in [0.5, 0.6) is 5.75 Å². The number of furan rings is 1. The van der Waals surface area contributed by atoms with Crippen LogP contribution in [0.3, 0.4) is 0 Å². The fourth-order valence-electron chi connectivity index (χ4n) is 1.91. The maximum Gasteiger partial charge on any atom is 0.169 e. The van der Waals surface area contributed by atoms with Gasteiger partial charge in [-0.2, -0.15) is 0 Å². The van der Waals surface area contributed by atoms with Crippen LogP contribution in [-0.2, 0) is 0 Å². The van der Waals surface area contributed by atoms with Gasteiger partial charge in [0, 0.05) is 6.20 Å². The average Bonchev–Trinajstić information content (AvgIpc) is 2.83. The van der Waals surface area contributed by atoms with E-state index in [1.54, 1.807) is 6.20 Å². The smallest absolute Gasteiger partial charge is 0.169 e. The number of nitrogens with zero attached hydrogens (tertiary/aromatic N) is 1.